The minimum absolute atomic E-state index is 0.00819. The SMILES string of the molecule is O=C(N[C@H]1CC[C@@H](C(=O)N[C@H]2CCC[C@H]2C(=O)O)C1)OCC1c2ccccc2-c2ccccc21. The standard InChI is InChI=1S/C27H30N2O5/c30-25(29-24-11-5-10-22(24)26(31)32)16-12-13-17(14-16)28-27(33)34-15-23-20-8-3-1-6-18(20)19-7-2-4-9-21(19)23/h1-4,6-9,16-17,22-24H,5,10-15H2,(H,28,33)(H,29,30)(H,31,32)/t16-,17+,22-,24+/m1/s1. The lowest BCUT2D eigenvalue weighted by atomic mass is 9.98. The molecule has 3 aliphatic carbocycles. The molecule has 2 fully saturated rings. The first-order chi connectivity index (χ1) is 16.5. The van der Waals surface area contributed by atoms with Crippen LogP contribution in [0, 0.1) is 11.8 Å². The molecule has 34 heavy (non-hydrogen) atoms. The van der Waals surface area contributed by atoms with Crippen molar-refractivity contribution in [3.63, 3.8) is 0 Å². The third-order valence-corrected chi connectivity index (χ3v) is 7.63. The third-order valence-electron chi connectivity index (χ3n) is 7.63. The molecule has 0 unspecified atom stereocenters. The number of rotatable bonds is 6. The third kappa shape index (κ3) is 4.39. The first kappa shape index (κ1) is 22.4. The molecule has 7 nitrogen and oxygen atoms in total. The van der Waals surface area contributed by atoms with E-state index in [0.717, 1.165) is 6.42 Å². The molecular formula is C27H30N2O5. The highest BCUT2D eigenvalue weighted by Gasteiger charge is 2.37. The summed E-state index contributed by atoms with van der Waals surface area (Å²) in [6.07, 6.45) is 3.59. The number of aliphatic carboxylic acids is 1. The maximum atomic E-state index is 12.7. The van der Waals surface area contributed by atoms with Crippen LogP contribution in [0.4, 0.5) is 4.79 Å². The zero-order valence-electron chi connectivity index (χ0n) is 19.0. The van der Waals surface area contributed by atoms with Gasteiger partial charge in [-0.05, 0) is 54.4 Å². The van der Waals surface area contributed by atoms with Gasteiger partial charge in [-0.25, -0.2) is 4.79 Å². The fraction of sp³-hybridized carbons (Fsp3) is 0.444. The average molecular weight is 463 g/mol. The number of carbonyl (C=O) groups is 3. The quantitative estimate of drug-likeness (QED) is 0.600. The number of carboxylic acid groups (broad SMARTS) is 1. The van der Waals surface area contributed by atoms with Gasteiger partial charge in [-0.2, -0.15) is 0 Å². The zero-order valence-corrected chi connectivity index (χ0v) is 19.0. The van der Waals surface area contributed by atoms with E-state index in [9.17, 15) is 19.5 Å². The number of amides is 2. The summed E-state index contributed by atoms with van der Waals surface area (Å²) < 4.78 is 5.63. The Bertz CT molecular complexity index is 1050. The van der Waals surface area contributed by atoms with Crippen LogP contribution in [0.15, 0.2) is 48.5 Å². The number of fused-ring (bicyclic) bond motifs is 3. The molecule has 0 bridgehead atoms. The summed E-state index contributed by atoms with van der Waals surface area (Å²) >= 11 is 0. The Hall–Kier alpha value is -3.35. The van der Waals surface area contributed by atoms with Gasteiger partial charge < -0.3 is 20.5 Å². The van der Waals surface area contributed by atoms with Crippen molar-refractivity contribution in [2.45, 2.75) is 56.5 Å². The molecule has 0 spiro atoms. The van der Waals surface area contributed by atoms with Gasteiger partial charge >= 0.3 is 12.1 Å². The Kier molecular flexibility index (Phi) is 6.26. The topological polar surface area (TPSA) is 105 Å². The van der Waals surface area contributed by atoms with Crippen molar-refractivity contribution in [3.8, 4) is 11.1 Å². The number of hydrogen-bond donors (Lipinski definition) is 3. The van der Waals surface area contributed by atoms with Gasteiger partial charge in [0, 0.05) is 23.9 Å². The highest BCUT2D eigenvalue weighted by Crippen LogP contribution is 2.44. The molecule has 7 heteroatoms. The van der Waals surface area contributed by atoms with Crippen molar-refractivity contribution in [2.75, 3.05) is 6.61 Å². The van der Waals surface area contributed by atoms with Crippen LogP contribution in [-0.4, -0.2) is 41.8 Å². The van der Waals surface area contributed by atoms with E-state index in [0.29, 0.717) is 32.1 Å². The van der Waals surface area contributed by atoms with Gasteiger partial charge in [0.05, 0.1) is 5.92 Å². The van der Waals surface area contributed by atoms with E-state index in [4.69, 9.17) is 4.74 Å². The second-order valence-corrected chi connectivity index (χ2v) is 9.67. The van der Waals surface area contributed by atoms with Crippen molar-refractivity contribution in [2.24, 2.45) is 11.8 Å². The molecule has 0 heterocycles. The number of ether oxygens (including phenoxy) is 1. The molecule has 0 aliphatic heterocycles. The maximum absolute atomic E-state index is 12.7. The van der Waals surface area contributed by atoms with Gasteiger partial charge in [-0.15, -0.1) is 0 Å². The maximum Gasteiger partial charge on any atom is 0.407 e. The summed E-state index contributed by atoms with van der Waals surface area (Å²) in [5.74, 6) is -1.65. The van der Waals surface area contributed by atoms with Crippen LogP contribution in [0.25, 0.3) is 11.1 Å². The molecule has 2 saturated carbocycles. The van der Waals surface area contributed by atoms with Gasteiger partial charge in [0.15, 0.2) is 0 Å². The molecule has 0 aromatic heterocycles. The molecule has 0 saturated heterocycles. The first-order valence-electron chi connectivity index (χ1n) is 12.2. The van der Waals surface area contributed by atoms with Gasteiger partial charge in [0.25, 0.3) is 0 Å². The Morgan fingerprint density at radius 2 is 1.56 bits per heavy atom. The molecular weight excluding hydrogens is 432 g/mol. The highest BCUT2D eigenvalue weighted by atomic mass is 16.5. The van der Waals surface area contributed by atoms with E-state index in [1.807, 2.05) is 24.3 Å². The second kappa shape index (κ2) is 9.49. The van der Waals surface area contributed by atoms with Crippen LogP contribution in [0.2, 0.25) is 0 Å². The number of alkyl carbamates (subject to hydrolysis) is 1. The number of nitrogens with one attached hydrogen (secondary N) is 2. The fourth-order valence-electron chi connectivity index (χ4n) is 5.89. The molecule has 3 N–H and O–H groups in total. The van der Waals surface area contributed by atoms with Crippen molar-refractivity contribution in [1.82, 2.24) is 10.6 Å². The Morgan fingerprint density at radius 3 is 2.24 bits per heavy atom. The largest absolute Gasteiger partial charge is 0.481 e. The Labute approximate surface area is 198 Å². The summed E-state index contributed by atoms with van der Waals surface area (Å²) in [5.41, 5.74) is 4.70. The number of hydrogen-bond acceptors (Lipinski definition) is 4. The van der Waals surface area contributed by atoms with Crippen LogP contribution < -0.4 is 10.6 Å². The van der Waals surface area contributed by atoms with Crippen LogP contribution in [0.3, 0.4) is 0 Å². The predicted octanol–water partition coefficient (Wildman–Crippen LogP) is 4.06. The van der Waals surface area contributed by atoms with Crippen molar-refractivity contribution in [1.29, 1.82) is 0 Å². The highest BCUT2D eigenvalue weighted by molar-refractivity contribution is 5.81. The minimum Gasteiger partial charge on any atom is -0.481 e. The van der Waals surface area contributed by atoms with E-state index in [-0.39, 0.29) is 36.4 Å². The summed E-state index contributed by atoms with van der Waals surface area (Å²) in [6, 6.07) is 16.0. The Morgan fingerprint density at radius 1 is 0.882 bits per heavy atom. The lowest BCUT2D eigenvalue weighted by Gasteiger charge is -2.20. The number of carboxylic acids is 1. The monoisotopic (exact) mass is 462 g/mol. The van der Waals surface area contributed by atoms with E-state index in [1.165, 1.54) is 22.3 Å². The molecule has 178 valence electrons. The first-order valence-corrected chi connectivity index (χ1v) is 12.2. The smallest absolute Gasteiger partial charge is 0.407 e. The number of benzene rings is 2. The van der Waals surface area contributed by atoms with E-state index >= 15 is 0 Å². The summed E-state index contributed by atoms with van der Waals surface area (Å²) in [5, 5.41) is 15.2. The average Bonchev–Trinajstić information content (AvgIpc) is 3.56. The second-order valence-electron chi connectivity index (χ2n) is 9.67. The molecule has 2 aromatic rings. The fourth-order valence-corrected chi connectivity index (χ4v) is 5.89. The Balaban J connectivity index is 1.12. The van der Waals surface area contributed by atoms with Crippen molar-refractivity contribution >= 4 is 18.0 Å². The summed E-state index contributed by atoms with van der Waals surface area (Å²) in [6.45, 7) is 0.259. The molecule has 0 radical (unpaired) electrons. The summed E-state index contributed by atoms with van der Waals surface area (Å²) in [7, 11) is 0. The van der Waals surface area contributed by atoms with Crippen molar-refractivity contribution in [3.05, 3.63) is 59.7 Å². The minimum atomic E-state index is -0.843. The normalized spacial score (nSPS) is 25.4. The van der Waals surface area contributed by atoms with Gasteiger partial charge in [0.1, 0.15) is 6.61 Å². The predicted molar refractivity (Wildman–Crippen MR) is 126 cm³/mol. The molecule has 2 aromatic carbocycles. The molecule has 5 rings (SSSR count). The van der Waals surface area contributed by atoms with Crippen molar-refractivity contribution < 1.29 is 24.2 Å². The molecule has 4 atom stereocenters. The molecule has 3 aliphatic rings. The number of carbonyl (C=O) groups excluding carboxylic acids is 2. The zero-order chi connectivity index (χ0) is 23.7. The van der Waals surface area contributed by atoms with Crippen LogP contribution in [0.5, 0.6) is 0 Å². The summed E-state index contributed by atoms with van der Waals surface area (Å²) in [4.78, 5) is 36.6. The van der Waals surface area contributed by atoms with Gasteiger partial charge in [0.2, 0.25) is 5.91 Å². The molecule has 2 amide bonds. The van der Waals surface area contributed by atoms with Gasteiger partial charge in [-0.3, -0.25) is 9.59 Å². The van der Waals surface area contributed by atoms with Crippen LogP contribution in [0.1, 0.15) is 55.6 Å². The van der Waals surface area contributed by atoms with E-state index < -0.39 is 18.0 Å². The lowest BCUT2D eigenvalue weighted by molar-refractivity contribution is -0.142. The van der Waals surface area contributed by atoms with Crippen LogP contribution >= 0.6 is 0 Å². The van der Waals surface area contributed by atoms with E-state index in [2.05, 4.69) is 34.9 Å². The lowest BCUT2D eigenvalue weighted by Crippen LogP contribution is -2.43. The van der Waals surface area contributed by atoms with E-state index in [1.54, 1.807) is 0 Å². The van der Waals surface area contributed by atoms with Crippen LogP contribution in [-0.2, 0) is 14.3 Å². The van der Waals surface area contributed by atoms with Gasteiger partial charge in [-0.1, -0.05) is 55.0 Å².